The molecule has 0 saturated carbocycles. The van der Waals surface area contributed by atoms with E-state index in [-0.39, 0.29) is 5.91 Å². The average molecular weight is 357 g/mol. The maximum atomic E-state index is 12.1. The lowest BCUT2D eigenvalue weighted by molar-refractivity contribution is -0.120. The summed E-state index contributed by atoms with van der Waals surface area (Å²) in [5.74, 6) is 2.31. The van der Waals surface area contributed by atoms with Crippen LogP contribution in [0.25, 0.3) is 0 Å². The van der Waals surface area contributed by atoms with Gasteiger partial charge in [-0.3, -0.25) is 4.79 Å². The standard InChI is InChI=1S/C21H27NO4/c1-15-12-17(8-9-18(15)24-2)14-21(23)22-11-5-6-16-7-10-19(25-3)20(13-16)26-4/h7-10,12-13H,5-6,11,14H2,1-4H3,(H,22,23). The Morgan fingerprint density at radius 1 is 0.885 bits per heavy atom. The molecule has 0 fully saturated rings. The zero-order chi connectivity index (χ0) is 18.9. The van der Waals surface area contributed by atoms with Crippen molar-refractivity contribution in [3.63, 3.8) is 0 Å². The van der Waals surface area contributed by atoms with Gasteiger partial charge in [-0.25, -0.2) is 0 Å². The molecule has 0 unspecified atom stereocenters. The summed E-state index contributed by atoms with van der Waals surface area (Å²) in [6, 6.07) is 11.7. The summed E-state index contributed by atoms with van der Waals surface area (Å²) in [5, 5.41) is 2.97. The summed E-state index contributed by atoms with van der Waals surface area (Å²) >= 11 is 0. The predicted molar refractivity (Wildman–Crippen MR) is 102 cm³/mol. The largest absolute Gasteiger partial charge is 0.496 e. The average Bonchev–Trinajstić information content (AvgIpc) is 2.65. The number of carbonyl (C=O) groups is 1. The maximum Gasteiger partial charge on any atom is 0.224 e. The number of hydrogen-bond acceptors (Lipinski definition) is 4. The molecule has 0 radical (unpaired) electrons. The van der Waals surface area contributed by atoms with Crippen molar-refractivity contribution in [2.24, 2.45) is 0 Å². The van der Waals surface area contributed by atoms with Crippen LogP contribution in [-0.4, -0.2) is 33.8 Å². The Morgan fingerprint density at radius 3 is 2.19 bits per heavy atom. The number of methoxy groups -OCH3 is 3. The molecule has 140 valence electrons. The fourth-order valence-corrected chi connectivity index (χ4v) is 2.85. The predicted octanol–water partition coefficient (Wildman–Crippen LogP) is 3.31. The van der Waals surface area contributed by atoms with Crippen LogP contribution >= 0.6 is 0 Å². The molecule has 2 aromatic rings. The summed E-state index contributed by atoms with van der Waals surface area (Å²) in [7, 11) is 4.90. The molecule has 1 amide bonds. The third-order valence-electron chi connectivity index (χ3n) is 4.24. The molecule has 1 N–H and O–H groups in total. The monoisotopic (exact) mass is 357 g/mol. The number of carbonyl (C=O) groups excluding carboxylic acids is 1. The fraction of sp³-hybridized carbons (Fsp3) is 0.381. The van der Waals surface area contributed by atoms with Crippen LogP contribution in [0.4, 0.5) is 0 Å². The van der Waals surface area contributed by atoms with Gasteiger partial charge in [0.05, 0.1) is 27.8 Å². The first-order chi connectivity index (χ1) is 12.6. The molecule has 0 bridgehead atoms. The van der Waals surface area contributed by atoms with Gasteiger partial charge in [0.2, 0.25) is 5.91 Å². The Kier molecular flexibility index (Phi) is 7.33. The zero-order valence-electron chi connectivity index (χ0n) is 15.9. The first kappa shape index (κ1) is 19.6. The van der Waals surface area contributed by atoms with Gasteiger partial charge in [-0.15, -0.1) is 0 Å². The minimum absolute atomic E-state index is 0.0295. The molecule has 0 aliphatic carbocycles. The van der Waals surface area contributed by atoms with E-state index in [2.05, 4.69) is 5.32 Å². The summed E-state index contributed by atoms with van der Waals surface area (Å²) < 4.78 is 15.8. The highest BCUT2D eigenvalue weighted by atomic mass is 16.5. The second-order valence-corrected chi connectivity index (χ2v) is 6.12. The van der Waals surface area contributed by atoms with Crippen molar-refractivity contribution in [3.8, 4) is 17.2 Å². The van der Waals surface area contributed by atoms with Crippen LogP contribution in [0.2, 0.25) is 0 Å². The summed E-state index contributed by atoms with van der Waals surface area (Å²) in [6.45, 7) is 2.62. The van der Waals surface area contributed by atoms with Crippen LogP contribution < -0.4 is 19.5 Å². The first-order valence-electron chi connectivity index (χ1n) is 8.68. The van der Waals surface area contributed by atoms with Crippen molar-refractivity contribution >= 4 is 5.91 Å². The van der Waals surface area contributed by atoms with Crippen LogP contribution in [0.3, 0.4) is 0 Å². The molecule has 0 atom stereocenters. The van der Waals surface area contributed by atoms with E-state index in [4.69, 9.17) is 14.2 Å². The second-order valence-electron chi connectivity index (χ2n) is 6.12. The van der Waals surface area contributed by atoms with E-state index in [1.165, 1.54) is 0 Å². The molecule has 0 heterocycles. The highest BCUT2D eigenvalue weighted by molar-refractivity contribution is 5.78. The molecular formula is C21H27NO4. The Hall–Kier alpha value is -2.69. The molecule has 0 spiro atoms. The highest BCUT2D eigenvalue weighted by Crippen LogP contribution is 2.27. The SMILES string of the molecule is COc1ccc(CC(=O)NCCCc2ccc(OC)c(OC)c2)cc1C. The molecule has 26 heavy (non-hydrogen) atoms. The number of hydrogen-bond donors (Lipinski definition) is 1. The van der Waals surface area contributed by atoms with Gasteiger partial charge in [0.1, 0.15) is 5.75 Å². The van der Waals surface area contributed by atoms with Gasteiger partial charge in [-0.1, -0.05) is 18.2 Å². The molecule has 5 heteroatoms. The van der Waals surface area contributed by atoms with E-state index in [1.807, 2.05) is 43.3 Å². The third-order valence-corrected chi connectivity index (χ3v) is 4.24. The van der Waals surface area contributed by atoms with Gasteiger partial charge in [-0.05, 0) is 54.7 Å². The first-order valence-corrected chi connectivity index (χ1v) is 8.68. The van der Waals surface area contributed by atoms with Gasteiger partial charge in [0, 0.05) is 6.54 Å². The lowest BCUT2D eigenvalue weighted by Gasteiger charge is -2.10. The third kappa shape index (κ3) is 5.41. The number of aryl methyl sites for hydroxylation is 2. The minimum atomic E-state index is 0.0295. The van der Waals surface area contributed by atoms with Gasteiger partial charge >= 0.3 is 0 Å². The topological polar surface area (TPSA) is 56.8 Å². The lowest BCUT2D eigenvalue weighted by atomic mass is 10.1. The Bertz CT molecular complexity index is 743. The number of nitrogens with one attached hydrogen (secondary N) is 1. The van der Waals surface area contributed by atoms with E-state index < -0.39 is 0 Å². The van der Waals surface area contributed by atoms with Crippen molar-refractivity contribution < 1.29 is 19.0 Å². The van der Waals surface area contributed by atoms with Gasteiger partial charge < -0.3 is 19.5 Å². The number of amides is 1. The Labute approximate surface area is 155 Å². The quantitative estimate of drug-likeness (QED) is 0.700. The van der Waals surface area contributed by atoms with Crippen LogP contribution in [0.15, 0.2) is 36.4 Å². The van der Waals surface area contributed by atoms with Crippen LogP contribution in [-0.2, 0) is 17.6 Å². The summed E-state index contributed by atoms with van der Waals surface area (Å²) in [5.41, 5.74) is 3.18. The van der Waals surface area contributed by atoms with Crippen molar-refractivity contribution in [3.05, 3.63) is 53.1 Å². The Morgan fingerprint density at radius 2 is 1.54 bits per heavy atom. The Balaban J connectivity index is 1.77. The van der Waals surface area contributed by atoms with E-state index in [0.29, 0.717) is 13.0 Å². The van der Waals surface area contributed by atoms with E-state index >= 15 is 0 Å². The minimum Gasteiger partial charge on any atom is -0.496 e. The molecule has 0 aliphatic heterocycles. The molecular weight excluding hydrogens is 330 g/mol. The van der Waals surface area contributed by atoms with Crippen molar-refractivity contribution in [1.29, 1.82) is 0 Å². The molecule has 2 rings (SSSR count). The van der Waals surface area contributed by atoms with Crippen LogP contribution in [0.5, 0.6) is 17.2 Å². The molecule has 0 aliphatic rings. The normalized spacial score (nSPS) is 10.3. The fourth-order valence-electron chi connectivity index (χ4n) is 2.85. The second kappa shape index (κ2) is 9.70. The molecule has 2 aromatic carbocycles. The molecule has 0 saturated heterocycles. The zero-order valence-corrected chi connectivity index (χ0v) is 15.9. The van der Waals surface area contributed by atoms with Gasteiger partial charge in [0.25, 0.3) is 0 Å². The number of rotatable bonds is 9. The summed E-state index contributed by atoms with van der Waals surface area (Å²) in [4.78, 5) is 12.1. The van der Waals surface area contributed by atoms with Crippen LogP contribution in [0.1, 0.15) is 23.1 Å². The lowest BCUT2D eigenvalue weighted by Crippen LogP contribution is -2.26. The smallest absolute Gasteiger partial charge is 0.224 e. The van der Waals surface area contributed by atoms with Gasteiger partial charge in [-0.2, -0.15) is 0 Å². The van der Waals surface area contributed by atoms with E-state index in [0.717, 1.165) is 46.8 Å². The van der Waals surface area contributed by atoms with Crippen molar-refractivity contribution in [2.45, 2.75) is 26.2 Å². The summed E-state index contributed by atoms with van der Waals surface area (Å²) in [6.07, 6.45) is 2.10. The molecule has 5 nitrogen and oxygen atoms in total. The van der Waals surface area contributed by atoms with Gasteiger partial charge in [0.15, 0.2) is 11.5 Å². The molecule has 0 aromatic heterocycles. The maximum absolute atomic E-state index is 12.1. The number of ether oxygens (including phenoxy) is 3. The highest BCUT2D eigenvalue weighted by Gasteiger charge is 2.07. The number of benzene rings is 2. The van der Waals surface area contributed by atoms with Crippen LogP contribution in [0, 0.1) is 6.92 Å². The van der Waals surface area contributed by atoms with E-state index in [1.54, 1.807) is 21.3 Å². The van der Waals surface area contributed by atoms with E-state index in [9.17, 15) is 4.79 Å². The van der Waals surface area contributed by atoms with Crippen molar-refractivity contribution in [1.82, 2.24) is 5.32 Å². The van der Waals surface area contributed by atoms with Crippen molar-refractivity contribution in [2.75, 3.05) is 27.9 Å².